The minimum atomic E-state index is -0.700. The van der Waals surface area contributed by atoms with Crippen molar-refractivity contribution >= 4 is 35.0 Å². The van der Waals surface area contributed by atoms with E-state index in [1.54, 1.807) is 30.2 Å². The molecule has 0 unspecified atom stereocenters. The van der Waals surface area contributed by atoms with E-state index in [2.05, 4.69) is 12.2 Å². The van der Waals surface area contributed by atoms with E-state index >= 15 is 0 Å². The molecule has 0 saturated heterocycles. The van der Waals surface area contributed by atoms with Gasteiger partial charge in [-0.25, -0.2) is 0 Å². The fourth-order valence-corrected chi connectivity index (χ4v) is 4.43. The highest BCUT2D eigenvalue weighted by Gasteiger charge is 2.30. The number of halogens is 2. The summed E-state index contributed by atoms with van der Waals surface area (Å²) in [5.41, 5.74) is 2.50. The molecule has 0 aliphatic rings. The number of hydrogen-bond acceptors (Lipinski definition) is 3. The van der Waals surface area contributed by atoms with E-state index in [1.165, 1.54) is 0 Å². The van der Waals surface area contributed by atoms with Gasteiger partial charge >= 0.3 is 0 Å². The monoisotopic (exact) mass is 526 g/mol. The number of rotatable bonds is 12. The molecule has 0 radical (unpaired) electrons. The maximum absolute atomic E-state index is 13.8. The lowest BCUT2D eigenvalue weighted by molar-refractivity contribution is -0.140. The Balaban J connectivity index is 1.97. The van der Waals surface area contributed by atoms with E-state index < -0.39 is 6.04 Å². The number of benzene rings is 3. The van der Waals surface area contributed by atoms with Crippen LogP contribution in [0.3, 0.4) is 0 Å². The molecule has 0 bridgehead atoms. The summed E-state index contributed by atoms with van der Waals surface area (Å²) in [5, 5.41) is 3.95. The van der Waals surface area contributed by atoms with Gasteiger partial charge in [-0.2, -0.15) is 0 Å². The van der Waals surface area contributed by atoms with Crippen molar-refractivity contribution < 1.29 is 14.3 Å². The molecule has 0 aliphatic heterocycles. The normalized spacial score (nSPS) is 11.6. The van der Waals surface area contributed by atoms with Crippen molar-refractivity contribution in [1.29, 1.82) is 0 Å². The maximum Gasteiger partial charge on any atom is 0.243 e. The molecular formula is C29H32Cl2N2O3. The van der Waals surface area contributed by atoms with Crippen molar-refractivity contribution in [2.24, 2.45) is 0 Å². The van der Waals surface area contributed by atoms with Crippen molar-refractivity contribution in [3.8, 4) is 5.75 Å². The third-order valence-corrected chi connectivity index (χ3v) is 6.53. The number of unbranched alkanes of at least 4 members (excludes halogenated alkanes) is 1. The van der Waals surface area contributed by atoms with Gasteiger partial charge in [0.25, 0.3) is 0 Å². The number of ether oxygens (including phenoxy) is 1. The summed E-state index contributed by atoms with van der Waals surface area (Å²) < 4.78 is 5.38. The largest absolute Gasteiger partial charge is 0.497 e. The zero-order valence-electron chi connectivity index (χ0n) is 20.7. The van der Waals surface area contributed by atoms with E-state index in [-0.39, 0.29) is 24.8 Å². The topological polar surface area (TPSA) is 58.6 Å². The summed E-state index contributed by atoms with van der Waals surface area (Å²) in [5.74, 6) is 0.312. The highest BCUT2D eigenvalue weighted by atomic mass is 35.5. The number of hydrogen-bond donors (Lipinski definition) is 1. The van der Waals surface area contributed by atoms with Crippen LogP contribution in [0.2, 0.25) is 10.0 Å². The molecule has 3 aromatic carbocycles. The van der Waals surface area contributed by atoms with Crippen LogP contribution < -0.4 is 10.1 Å². The number of nitrogens with one attached hydrogen (secondary N) is 1. The molecule has 2 amide bonds. The van der Waals surface area contributed by atoms with Gasteiger partial charge in [0.05, 0.1) is 13.5 Å². The van der Waals surface area contributed by atoms with Gasteiger partial charge in [0.2, 0.25) is 11.8 Å². The lowest BCUT2D eigenvalue weighted by atomic mass is 10.0. The minimum Gasteiger partial charge on any atom is -0.497 e. The van der Waals surface area contributed by atoms with Crippen LogP contribution in [0, 0.1) is 0 Å². The number of amides is 2. The summed E-state index contributed by atoms with van der Waals surface area (Å²) in [4.78, 5) is 28.9. The van der Waals surface area contributed by atoms with Gasteiger partial charge in [-0.05, 0) is 47.4 Å². The third-order valence-electron chi connectivity index (χ3n) is 5.94. The highest BCUT2D eigenvalue weighted by Crippen LogP contribution is 2.24. The molecule has 0 fully saturated rings. The number of carbonyl (C=O) groups is 2. The van der Waals surface area contributed by atoms with E-state index in [0.29, 0.717) is 34.3 Å². The Kier molecular flexibility index (Phi) is 10.6. The Morgan fingerprint density at radius 3 is 2.42 bits per heavy atom. The summed E-state index contributed by atoms with van der Waals surface area (Å²) >= 11 is 12.4. The van der Waals surface area contributed by atoms with Crippen LogP contribution in [-0.4, -0.2) is 36.4 Å². The van der Waals surface area contributed by atoms with Crippen LogP contribution in [-0.2, 0) is 29.0 Å². The zero-order valence-corrected chi connectivity index (χ0v) is 22.2. The molecule has 0 spiro atoms. The van der Waals surface area contributed by atoms with E-state index in [9.17, 15) is 9.59 Å². The lowest BCUT2D eigenvalue weighted by Crippen LogP contribution is -2.51. The van der Waals surface area contributed by atoms with Crippen LogP contribution in [0.25, 0.3) is 0 Å². The highest BCUT2D eigenvalue weighted by molar-refractivity contribution is 6.35. The number of methoxy groups -OCH3 is 1. The second-order valence-electron chi connectivity index (χ2n) is 8.64. The fraction of sp³-hybridized carbons (Fsp3) is 0.310. The molecule has 0 heterocycles. The molecule has 5 nitrogen and oxygen atoms in total. The smallest absolute Gasteiger partial charge is 0.243 e. The van der Waals surface area contributed by atoms with Gasteiger partial charge in [0.1, 0.15) is 11.8 Å². The first-order valence-electron chi connectivity index (χ1n) is 12.1. The van der Waals surface area contributed by atoms with Crippen LogP contribution in [0.4, 0.5) is 0 Å². The molecule has 3 aromatic rings. The van der Waals surface area contributed by atoms with Crippen LogP contribution in [0.5, 0.6) is 5.75 Å². The zero-order chi connectivity index (χ0) is 25.9. The Hall–Kier alpha value is -3.02. The molecule has 1 N–H and O–H groups in total. The van der Waals surface area contributed by atoms with Crippen LogP contribution in [0.1, 0.15) is 36.5 Å². The second-order valence-corrected chi connectivity index (χ2v) is 9.48. The van der Waals surface area contributed by atoms with E-state index in [4.69, 9.17) is 27.9 Å². The average Bonchev–Trinajstić information content (AvgIpc) is 2.88. The first-order chi connectivity index (χ1) is 17.4. The van der Waals surface area contributed by atoms with Crippen molar-refractivity contribution in [1.82, 2.24) is 10.2 Å². The Bertz CT molecular complexity index is 1150. The van der Waals surface area contributed by atoms with Gasteiger partial charge in [0, 0.05) is 29.6 Å². The molecule has 0 saturated carbocycles. The molecule has 7 heteroatoms. The summed E-state index contributed by atoms with van der Waals surface area (Å²) in [6.45, 7) is 2.88. The Morgan fingerprint density at radius 2 is 1.72 bits per heavy atom. The third kappa shape index (κ3) is 8.00. The van der Waals surface area contributed by atoms with E-state index in [1.807, 2.05) is 54.6 Å². The first kappa shape index (κ1) is 27.6. The molecule has 0 aliphatic carbocycles. The number of nitrogens with zero attached hydrogens (tertiary/aromatic N) is 1. The van der Waals surface area contributed by atoms with Gasteiger partial charge in [0.15, 0.2) is 0 Å². The summed E-state index contributed by atoms with van der Waals surface area (Å²) in [6.07, 6.45) is 2.27. The molecular weight excluding hydrogens is 495 g/mol. The van der Waals surface area contributed by atoms with Crippen molar-refractivity contribution in [2.45, 2.75) is 45.2 Å². The molecule has 3 rings (SSSR count). The van der Waals surface area contributed by atoms with Crippen molar-refractivity contribution in [3.05, 3.63) is 99.5 Å². The van der Waals surface area contributed by atoms with Gasteiger partial charge in [-0.1, -0.05) is 85.1 Å². The van der Waals surface area contributed by atoms with Crippen LogP contribution in [0.15, 0.2) is 72.8 Å². The van der Waals surface area contributed by atoms with Gasteiger partial charge in [-0.3, -0.25) is 9.59 Å². The average molecular weight is 527 g/mol. The molecule has 0 aromatic heterocycles. The SMILES string of the molecule is CCCCNC(=O)[C@@H](Cc1ccccc1)N(Cc1cccc(OC)c1)C(=O)Cc1ccc(Cl)cc1Cl. The first-order valence-corrected chi connectivity index (χ1v) is 12.8. The second kappa shape index (κ2) is 13.9. The fourth-order valence-electron chi connectivity index (χ4n) is 3.96. The molecule has 190 valence electrons. The minimum absolute atomic E-state index is 0.0491. The summed E-state index contributed by atoms with van der Waals surface area (Å²) in [7, 11) is 1.60. The molecule has 36 heavy (non-hydrogen) atoms. The predicted octanol–water partition coefficient (Wildman–Crippen LogP) is 6.10. The Labute approximate surface area is 223 Å². The predicted molar refractivity (Wildman–Crippen MR) is 146 cm³/mol. The van der Waals surface area contributed by atoms with Crippen molar-refractivity contribution in [3.63, 3.8) is 0 Å². The lowest BCUT2D eigenvalue weighted by Gasteiger charge is -2.32. The van der Waals surface area contributed by atoms with Gasteiger partial charge in [-0.15, -0.1) is 0 Å². The summed E-state index contributed by atoms with van der Waals surface area (Å²) in [6, 6.07) is 21.6. The van der Waals surface area contributed by atoms with Gasteiger partial charge < -0.3 is 15.0 Å². The van der Waals surface area contributed by atoms with E-state index in [0.717, 1.165) is 24.0 Å². The quantitative estimate of drug-likeness (QED) is 0.290. The maximum atomic E-state index is 13.8. The standard InChI is InChI=1S/C29H32Cl2N2O3/c1-3-4-15-32-29(35)27(17-21-9-6-5-7-10-21)33(20-22-11-8-12-25(16-22)36-2)28(34)18-23-13-14-24(30)19-26(23)31/h5-14,16,19,27H,3-4,15,17-18,20H2,1-2H3,(H,32,35)/t27-/m1/s1. The van der Waals surface area contributed by atoms with Crippen LogP contribution >= 0.6 is 23.2 Å². The Morgan fingerprint density at radius 1 is 0.972 bits per heavy atom. The van der Waals surface area contributed by atoms with Crippen molar-refractivity contribution in [2.75, 3.05) is 13.7 Å². The number of carbonyl (C=O) groups excluding carboxylic acids is 2. The molecule has 1 atom stereocenters.